The molecular weight excluding hydrogens is 300 g/mol. The third-order valence-corrected chi connectivity index (χ3v) is 3.91. The fraction of sp³-hybridized carbons (Fsp3) is 0.350. The number of hydrogen-bond acceptors (Lipinski definition) is 3. The first-order valence-corrected chi connectivity index (χ1v) is 8.25. The molecule has 2 rings (SSSR count). The lowest BCUT2D eigenvalue weighted by molar-refractivity contribution is -0.117. The number of benzene rings is 2. The van der Waals surface area contributed by atoms with Crippen LogP contribution in [0, 0.1) is 6.92 Å². The zero-order valence-corrected chi connectivity index (χ0v) is 14.7. The highest BCUT2D eigenvalue weighted by Gasteiger charge is 2.07. The van der Waals surface area contributed by atoms with Crippen molar-refractivity contribution in [2.24, 2.45) is 0 Å². The van der Waals surface area contributed by atoms with Crippen molar-refractivity contribution in [2.75, 3.05) is 32.6 Å². The van der Waals surface area contributed by atoms with E-state index in [2.05, 4.69) is 17.4 Å². The van der Waals surface area contributed by atoms with E-state index in [9.17, 15) is 4.79 Å². The summed E-state index contributed by atoms with van der Waals surface area (Å²) in [6, 6.07) is 16.0. The van der Waals surface area contributed by atoms with Crippen molar-refractivity contribution < 1.29 is 9.53 Å². The average molecular weight is 326 g/mol. The van der Waals surface area contributed by atoms with Gasteiger partial charge in [-0.05, 0) is 63.2 Å². The molecule has 128 valence electrons. The van der Waals surface area contributed by atoms with Crippen LogP contribution in [-0.2, 0) is 11.2 Å². The molecule has 0 aromatic heterocycles. The monoisotopic (exact) mass is 326 g/mol. The fourth-order valence-electron chi connectivity index (χ4n) is 2.51. The van der Waals surface area contributed by atoms with Gasteiger partial charge in [0.1, 0.15) is 5.75 Å². The summed E-state index contributed by atoms with van der Waals surface area (Å²) >= 11 is 0. The van der Waals surface area contributed by atoms with Crippen LogP contribution in [0.5, 0.6) is 5.75 Å². The molecule has 0 saturated carbocycles. The van der Waals surface area contributed by atoms with E-state index in [1.165, 1.54) is 11.1 Å². The first-order valence-electron chi connectivity index (χ1n) is 8.25. The molecule has 24 heavy (non-hydrogen) atoms. The molecule has 2 aromatic carbocycles. The largest absolute Gasteiger partial charge is 0.497 e. The number of rotatable bonds is 8. The Hall–Kier alpha value is -2.33. The maximum absolute atomic E-state index is 12.0. The number of amides is 1. The van der Waals surface area contributed by atoms with E-state index in [1.807, 2.05) is 55.3 Å². The summed E-state index contributed by atoms with van der Waals surface area (Å²) in [7, 11) is 3.65. The molecule has 4 heteroatoms. The van der Waals surface area contributed by atoms with E-state index >= 15 is 0 Å². The number of carbonyl (C=O) groups is 1. The molecule has 0 spiro atoms. The zero-order valence-electron chi connectivity index (χ0n) is 14.7. The number of methoxy groups -OCH3 is 1. The van der Waals surface area contributed by atoms with Gasteiger partial charge in [0.2, 0.25) is 5.91 Å². The number of aryl methyl sites for hydroxylation is 2. The van der Waals surface area contributed by atoms with Gasteiger partial charge in [-0.1, -0.05) is 29.8 Å². The molecule has 1 amide bonds. The molecule has 0 saturated heterocycles. The maximum Gasteiger partial charge on any atom is 0.238 e. The van der Waals surface area contributed by atoms with Crippen molar-refractivity contribution in [1.82, 2.24) is 4.90 Å². The molecule has 0 aliphatic carbocycles. The molecule has 0 unspecified atom stereocenters. The number of ether oxygens (including phenoxy) is 1. The summed E-state index contributed by atoms with van der Waals surface area (Å²) in [5, 5.41) is 2.93. The Morgan fingerprint density at radius 3 is 2.38 bits per heavy atom. The molecule has 0 atom stereocenters. The van der Waals surface area contributed by atoms with Crippen LogP contribution < -0.4 is 10.1 Å². The van der Waals surface area contributed by atoms with Crippen molar-refractivity contribution in [3.05, 3.63) is 59.7 Å². The van der Waals surface area contributed by atoms with Crippen LogP contribution >= 0.6 is 0 Å². The third-order valence-electron chi connectivity index (χ3n) is 3.91. The van der Waals surface area contributed by atoms with Crippen LogP contribution in [0.3, 0.4) is 0 Å². The van der Waals surface area contributed by atoms with Gasteiger partial charge in [-0.25, -0.2) is 0 Å². The highest BCUT2D eigenvalue weighted by atomic mass is 16.5. The van der Waals surface area contributed by atoms with Crippen molar-refractivity contribution in [3.8, 4) is 5.75 Å². The van der Waals surface area contributed by atoms with Gasteiger partial charge in [0.05, 0.1) is 13.7 Å². The Morgan fingerprint density at radius 1 is 1.08 bits per heavy atom. The van der Waals surface area contributed by atoms with Crippen molar-refractivity contribution in [1.29, 1.82) is 0 Å². The van der Waals surface area contributed by atoms with Gasteiger partial charge >= 0.3 is 0 Å². The fourth-order valence-corrected chi connectivity index (χ4v) is 2.51. The molecule has 0 aliphatic heterocycles. The van der Waals surface area contributed by atoms with Crippen LogP contribution in [0.15, 0.2) is 48.5 Å². The normalized spacial score (nSPS) is 10.7. The van der Waals surface area contributed by atoms with Crippen LogP contribution in [0.4, 0.5) is 5.69 Å². The van der Waals surface area contributed by atoms with Gasteiger partial charge < -0.3 is 10.1 Å². The number of nitrogens with zero attached hydrogens (tertiary/aromatic N) is 1. The Balaban J connectivity index is 1.69. The molecule has 0 heterocycles. The lowest BCUT2D eigenvalue weighted by Gasteiger charge is -2.16. The van der Waals surface area contributed by atoms with Crippen LogP contribution in [0.25, 0.3) is 0 Å². The van der Waals surface area contributed by atoms with Gasteiger partial charge in [-0.2, -0.15) is 0 Å². The molecule has 0 aliphatic rings. The van der Waals surface area contributed by atoms with Gasteiger partial charge in [0, 0.05) is 5.69 Å². The number of carbonyl (C=O) groups excluding carboxylic acids is 1. The molecule has 2 aromatic rings. The molecule has 0 fully saturated rings. The summed E-state index contributed by atoms with van der Waals surface area (Å²) in [5.41, 5.74) is 3.31. The van der Waals surface area contributed by atoms with E-state index in [0.29, 0.717) is 6.54 Å². The average Bonchev–Trinajstić information content (AvgIpc) is 2.57. The second kappa shape index (κ2) is 9.08. The van der Waals surface area contributed by atoms with Crippen LogP contribution in [-0.4, -0.2) is 38.1 Å². The Kier molecular flexibility index (Phi) is 6.82. The Morgan fingerprint density at radius 2 is 1.75 bits per heavy atom. The number of hydrogen-bond donors (Lipinski definition) is 1. The first kappa shape index (κ1) is 18.0. The van der Waals surface area contributed by atoms with Crippen LogP contribution in [0.2, 0.25) is 0 Å². The topological polar surface area (TPSA) is 41.6 Å². The maximum atomic E-state index is 12.0. The molecule has 0 radical (unpaired) electrons. The van der Waals surface area contributed by atoms with E-state index in [0.717, 1.165) is 30.8 Å². The standard InChI is InChI=1S/C20H26N2O2/c1-16-6-10-18(11-7-16)21-20(23)15-22(2)14-4-5-17-8-12-19(24-3)13-9-17/h6-13H,4-5,14-15H2,1-3H3,(H,21,23). The molecule has 4 nitrogen and oxygen atoms in total. The highest BCUT2D eigenvalue weighted by molar-refractivity contribution is 5.92. The second-order valence-electron chi connectivity index (χ2n) is 6.10. The van der Waals surface area contributed by atoms with E-state index in [1.54, 1.807) is 7.11 Å². The number of nitrogens with one attached hydrogen (secondary N) is 1. The predicted octanol–water partition coefficient (Wildman–Crippen LogP) is 3.51. The smallest absolute Gasteiger partial charge is 0.238 e. The lowest BCUT2D eigenvalue weighted by atomic mass is 10.1. The van der Waals surface area contributed by atoms with Crippen molar-refractivity contribution in [3.63, 3.8) is 0 Å². The summed E-state index contributed by atoms with van der Waals surface area (Å²) < 4.78 is 5.16. The summed E-state index contributed by atoms with van der Waals surface area (Å²) in [5.74, 6) is 0.898. The van der Waals surface area contributed by atoms with Crippen molar-refractivity contribution >= 4 is 11.6 Å². The van der Waals surface area contributed by atoms with E-state index < -0.39 is 0 Å². The Bertz CT molecular complexity index is 636. The molecule has 1 N–H and O–H groups in total. The van der Waals surface area contributed by atoms with E-state index in [4.69, 9.17) is 4.74 Å². The molecular formula is C20H26N2O2. The predicted molar refractivity (Wildman–Crippen MR) is 98.6 cm³/mol. The van der Waals surface area contributed by atoms with Crippen molar-refractivity contribution in [2.45, 2.75) is 19.8 Å². The number of likely N-dealkylation sites (N-methyl/N-ethyl adjacent to an activating group) is 1. The first-order chi connectivity index (χ1) is 11.6. The quantitative estimate of drug-likeness (QED) is 0.807. The lowest BCUT2D eigenvalue weighted by Crippen LogP contribution is -2.31. The van der Waals surface area contributed by atoms with Gasteiger partial charge in [-0.3, -0.25) is 9.69 Å². The van der Waals surface area contributed by atoms with Crippen LogP contribution in [0.1, 0.15) is 17.5 Å². The van der Waals surface area contributed by atoms with Gasteiger partial charge in [-0.15, -0.1) is 0 Å². The third kappa shape index (κ3) is 6.05. The minimum atomic E-state index is 0.0193. The SMILES string of the molecule is COc1ccc(CCCN(C)CC(=O)Nc2ccc(C)cc2)cc1. The zero-order chi connectivity index (χ0) is 17.4. The van der Waals surface area contributed by atoms with Gasteiger partial charge in [0.25, 0.3) is 0 Å². The van der Waals surface area contributed by atoms with Gasteiger partial charge in [0.15, 0.2) is 0 Å². The highest BCUT2D eigenvalue weighted by Crippen LogP contribution is 2.13. The second-order valence-corrected chi connectivity index (χ2v) is 6.10. The summed E-state index contributed by atoms with van der Waals surface area (Å²) in [6.45, 7) is 3.31. The minimum absolute atomic E-state index is 0.0193. The minimum Gasteiger partial charge on any atom is -0.497 e. The Labute approximate surface area is 144 Å². The summed E-state index contributed by atoms with van der Waals surface area (Å²) in [6.07, 6.45) is 2.01. The number of anilines is 1. The van der Waals surface area contributed by atoms with E-state index in [-0.39, 0.29) is 5.91 Å². The summed E-state index contributed by atoms with van der Waals surface area (Å²) in [4.78, 5) is 14.1. The molecule has 0 bridgehead atoms.